The number of hydrogen-bond acceptors (Lipinski definition) is 2. The number of nitrogens with one attached hydrogen (secondary N) is 1. The van der Waals surface area contributed by atoms with Gasteiger partial charge in [-0.15, -0.1) is 0 Å². The van der Waals surface area contributed by atoms with E-state index in [1.807, 2.05) is 0 Å². The molecule has 0 aromatic heterocycles. The highest BCUT2D eigenvalue weighted by Gasteiger charge is 2.59. The lowest BCUT2D eigenvalue weighted by Crippen LogP contribution is -2.65. The van der Waals surface area contributed by atoms with Crippen molar-refractivity contribution in [1.29, 1.82) is 0 Å². The fourth-order valence-corrected chi connectivity index (χ4v) is 6.13. The zero-order valence-corrected chi connectivity index (χ0v) is 13.2. The zero-order chi connectivity index (χ0) is 13.9. The van der Waals surface area contributed by atoms with Crippen LogP contribution in [0.4, 0.5) is 0 Å². The second-order valence-electron chi connectivity index (χ2n) is 9.59. The average molecular weight is 265 g/mol. The summed E-state index contributed by atoms with van der Waals surface area (Å²) in [7, 11) is 0. The van der Waals surface area contributed by atoms with Crippen molar-refractivity contribution in [3.63, 3.8) is 0 Å². The second kappa shape index (κ2) is 3.98. The van der Waals surface area contributed by atoms with E-state index >= 15 is 0 Å². The summed E-state index contributed by atoms with van der Waals surface area (Å²) in [5, 5.41) is 13.4. The molecule has 2 heteroatoms. The number of rotatable bonds is 4. The lowest BCUT2D eigenvalue weighted by atomic mass is 9.42. The molecule has 2 N–H and O–H groups in total. The van der Waals surface area contributed by atoms with Crippen LogP contribution in [0.5, 0.6) is 0 Å². The summed E-state index contributed by atoms with van der Waals surface area (Å²) in [5.74, 6) is 0.941. The Kier molecular flexibility index (Phi) is 2.91. The van der Waals surface area contributed by atoms with E-state index < -0.39 is 0 Å². The predicted molar refractivity (Wildman–Crippen MR) is 79.0 cm³/mol. The third kappa shape index (κ3) is 2.47. The molecule has 0 spiro atoms. The lowest BCUT2D eigenvalue weighted by molar-refractivity contribution is -0.120. The van der Waals surface area contributed by atoms with Gasteiger partial charge < -0.3 is 10.4 Å². The Morgan fingerprint density at radius 3 is 2.11 bits per heavy atom. The molecule has 0 saturated heterocycles. The van der Waals surface area contributed by atoms with E-state index in [9.17, 15) is 5.11 Å². The summed E-state index contributed by atoms with van der Waals surface area (Å²) in [6, 6.07) is 0. The van der Waals surface area contributed by atoms with Crippen molar-refractivity contribution in [2.75, 3.05) is 13.2 Å². The molecule has 19 heavy (non-hydrogen) atoms. The summed E-state index contributed by atoms with van der Waals surface area (Å²) >= 11 is 0. The normalized spacial score (nSPS) is 48.8. The van der Waals surface area contributed by atoms with Crippen LogP contribution in [-0.4, -0.2) is 23.8 Å². The molecule has 4 rings (SSSR count). The van der Waals surface area contributed by atoms with Crippen LogP contribution >= 0.6 is 0 Å². The first-order valence-corrected chi connectivity index (χ1v) is 8.03. The molecule has 0 aromatic rings. The molecule has 2 nitrogen and oxygen atoms in total. The zero-order valence-electron chi connectivity index (χ0n) is 13.2. The Morgan fingerprint density at radius 2 is 1.63 bits per heavy atom. The molecule has 4 aliphatic carbocycles. The first-order valence-electron chi connectivity index (χ1n) is 8.03. The molecule has 0 amide bonds. The summed E-state index contributed by atoms with van der Waals surface area (Å²) in [6.45, 7) is 10.6. The van der Waals surface area contributed by atoms with Crippen molar-refractivity contribution in [1.82, 2.24) is 5.32 Å². The third-order valence-electron chi connectivity index (χ3n) is 6.00. The third-order valence-corrected chi connectivity index (χ3v) is 6.00. The van der Waals surface area contributed by atoms with E-state index in [1.165, 1.54) is 38.5 Å². The number of hydrogen-bond donors (Lipinski definition) is 2. The van der Waals surface area contributed by atoms with Gasteiger partial charge in [-0.2, -0.15) is 0 Å². The second-order valence-corrected chi connectivity index (χ2v) is 9.59. The largest absolute Gasteiger partial charge is 0.396 e. The van der Waals surface area contributed by atoms with Gasteiger partial charge >= 0.3 is 0 Å². The SMILES string of the molecule is CC(C)(CO)CNC12CC3CC(C)(CC(C)(C3)C1)C2. The van der Waals surface area contributed by atoms with Crippen molar-refractivity contribution in [2.45, 2.75) is 71.8 Å². The highest BCUT2D eigenvalue weighted by atomic mass is 16.3. The van der Waals surface area contributed by atoms with Gasteiger partial charge in [-0.3, -0.25) is 0 Å². The number of aliphatic hydroxyl groups is 1. The Hall–Kier alpha value is -0.0800. The van der Waals surface area contributed by atoms with Gasteiger partial charge in [0.2, 0.25) is 0 Å². The minimum absolute atomic E-state index is 0.00510. The topological polar surface area (TPSA) is 32.3 Å². The molecule has 4 fully saturated rings. The fourth-order valence-electron chi connectivity index (χ4n) is 6.13. The van der Waals surface area contributed by atoms with Crippen molar-refractivity contribution in [2.24, 2.45) is 22.2 Å². The molecule has 0 aromatic carbocycles. The van der Waals surface area contributed by atoms with Gasteiger partial charge in [0.15, 0.2) is 0 Å². The van der Waals surface area contributed by atoms with Gasteiger partial charge in [-0.25, -0.2) is 0 Å². The highest BCUT2D eigenvalue weighted by Crippen LogP contribution is 2.66. The summed E-state index contributed by atoms with van der Waals surface area (Å²) in [5.41, 5.74) is 1.52. The van der Waals surface area contributed by atoms with Crippen LogP contribution in [0.2, 0.25) is 0 Å². The van der Waals surface area contributed by atoms with Crippen molar-refractivity contribution >= 4 is 0 Å². The van der Waals surface area contributed by atoms with E-state index in [0.717, 1.165) is 12.5 Å². The van der Waals surface area contributed by atoms with Crippen molar-refractivity contribution in [3.8, 4) is 0 Å². The highest BCUT2D eigenvalue weighted by molar-refractivity contribution is 5.14. The quantitative estimate of drug-likeness (QED) is 0.817. The molecule has 4 aliphatic rings. The van der Waals surface area contributed by atoms with Crippen LogP contribution in [0.3, 0.4) is 0 Å². The standard InChI is InChI=1S/C17H31NO/c1-14(2,12-19)11-18-17-7-13-5-15(3,9-17)8-16(4,6-13)10-17/h13,18-19H,5-12H2,1-4H3. The Morgan fingerprint density at radius 1 is 1.05 bits per heavy atom. The molecule has 2 atom stereocenters. The molecule has 110 valence electrons. The van der Waals surface area contributed by atoms with Gasteiger partial charge in [0, 0.05) is 24.1 Å². The van der Waals surface area contributed by atoms with Gasteiger partial charge in [0.05, 0.1) is 0 Å². The summed E-state index contributed by atoms with van der Waals surface area (Å²) < 4.78 is 0. The van der Waals surface area contributed by atoms with Gasteiger partial charge in [0.25, 0.3) is 0 Å². The minimum Gasteiger partial charge on any atom is -0.396 e. The molecule has 4 saturated carbocycles. The van der Waals surface area contributed by atoms with Crippen LogP contribution in [0.1, 0.15) is 66.2 Å². The van der Waals surface area contributed by atoms with Crippen LogP contribution < -0.4 is 5.32 Å². The van der Waals surface area contributed by atoms with E-state index in [4.69, 9.17) is 0 Å². The van der Waals surface area contributed by atoms with Crippen LogP contribution in [0, 0.1) is 22.2 Å². The predicted octanol–water partition coefficient (Wildman–Crippen LogP) is 3.34. The summed E-state index contributed by atoms with van der Waals surface area (Å²) in [6.07, 6.45) is 8.43. The lowest BCUT2D eigenvalue weighted by Gasteiger charge is -2.66. The molecule has 0 aliphatic heterocycles. The van der Waals surface area contributed by atoms with Crippen LogP contribution in [0.25, 0.3) is 0 Å². The van der Waals surface area contributed by atoms with Crippen molar-refractivity contribution in [3.05, 3.63) is 0 Å². The molecule has 0 heterocycles. The molecular weight excluding hydrogens is 234 g/mol. The number of aliphatic hydroxyl groups excluding tert-OH is 1. The van der Waals surface area contributed by atoms with Gasteiger partial charge in [-0.05, 0) is 55.3 Å². The van der Waals surface area contributed by atoms with E-state index in [-0.39, 0.29) is 12.0 Å². The van der Waals surface area contributed by atoms with E-state index in [0.29, 0.717) is 16.4 Å². The Labute approximate surface area is 118 Å². The molecule has 0 radical (unpaired) electrons. The van der Waals surface area contributed by atoms with E-state index in [2.05, 4.69) is 33.0 Å². The monoisotopic (exact) mass is 265 g/mol. The molecule has 4 bridgehead atoms. The Bertz CT molecular complexity index is 357. The van der Waals surface area contributed by atoms with Gasteiger partial charge in [0.1, 0.15) is 0 Å². The maximum absolute atomic E-state index is 9.47. The minimum atomic E-state index is 0.00510. The average Bonchev–Trinajstić information content (AvgIpc) is 2.22. The molecule has 2 unspecified atom stereocenters. The van der Waals surface area contributed by atoms with E-state index in [1.54, 1.807) is 0 Å². The summed E-state index contributed by atoms with van der Waals surface area (Å²) in [4.78, 5) is 0. The Balaban J connectivity index is 1.77. The maximum Gasteiger partial charge on any atom is 0.0494 e. The first kappa shape index (κ1) is 13.9. The first-order chi connectivity index (χ1) is 8.67. The van der Waals surface area contributed by atoms with Crippen LogP contribution in [-0.2, 0) is 0 Å². The smallest absolute Gasteiger partial charge is 0.0494 e. The maximum atomic E-state index is 9.47. The van der Waals surface area contributed by atoms with Crippen molar-refractivity contribution < 1.29 is 5.11 Å². The fraction of sp³-hybridized carbons (Fsp3) is 1.00. The van der Waals surface area contributed by atoms with Crippen LogP contribution in [0.15, 0.2) is 0 Å². The molecular formula is C17H31NO. The van der Waals surface area contributed by atoms with Gasteiger partial charge in [-0.1, -0.05) is 27.7 Å².